The maximum Gasteiger partial charge on any atom is 0.245 e. The van der Waals surface area contributed by atoms with Crippen LogP contribution in [0, 0.1) is 0 Å². The molecule has 0 atom stereocenters. The van der Waals surface area contributed by atoms with Gasteiger partial charge >= 0.3 is 0 Å². The van der Waals surface area contributed by atoms with Crippen LogP contribution in [0.2, 0.25) is 0 Å². The number of hydrogen-bond donors (Lipinski definition) is 0. The molecule has 1 heterocycles. The fourth-order valence-corrected chi connectivity index (χ4v) is 3.16. The van der Waals surface area contributed by atoms with Crippen molar-refractivity contribution in [1.82, 2.24) is 4.57 Å². The Balaban J connectivity index is 2.72. The second-order valence-corrected chi connectivity index (χ2v) is 5.65. The molecule has 0 saturated carbocycles. The molecule has 4 heteroatoms. The quantitative estimate of drug-likeness (QED) is 0.817. The highest BCUT2D eigenvalue weighted by Crippen LogP contribution is 2.23. The third kappa shape index (κ3) is 2.38. The Morgan fingerprint density at radius 1 is 1.44 bits per heavy atom. The second kappa shape index (κ2) is 5.06. The van der Waals surface area contributed by atoms with Crippen molar-refractivity contribution >= 4 is 27.5 Å². The van der Waals surface area contributed by atoms with Crippen LogP contribution in [0.25, 0.3) is 10.2 Å². The Hall–Kier alpha value is -1.42. The molecule has 0 unspecified atom stereocenters. The van der Waals surface area contributed by atoms with E-state index in [1.807, 2.05) is 0 Å². The van der Waals surface area contributed by atoms with Crippen molar-refractivity contribution in [3.63, 3.8) is 0 Å². The van der Waals surface area contributed by atoms with Crippen LogP contribution in [0.5, 0.6) is 0 Å². The molecular formula is C14H18N2OS. The molecule has 1 aromatic heterocycles. The summed E-state index contributed by atoms with van der Waals surface area (Å²) < 4.78 is 3.29. The highest BCUT2D eigenvalue weighted by atomic mass is 32.1. The monoisotopic (exact) mass is 262 g/mol. The Morgan fingerprint density at radius 3 is 2.72 bits per heavy atom. The van der Waals surface area contributed by atoms with E-state index in [0.717, 1.165) is 16.9 Å². The first kappa shape index (κ1) is 13.0. The molecule has 0 spiro atoms. The van der Waals surface area contributed by atoms with Gasteiger partial charge in [0.15, 0.2) is 4.80 Å². The van der Waals surface area contributed by atoms with Gasteiger partial charge in [0.1, 0.15) is 0 Å². The summed E-state index contributed by atoms with van der Waals surface area (Å²) in [4.78, 5) is 16.0. The van der Waals surface area contributed by atoms with Gasteiger partial charge in [-0.3, -0.25) is 4.79 Å². The number of carbonyl (C=O) groups is 1. The summed E-state index contributed by atoms with van der Waals surface area (Å²) in [6.07, 6.45) is 0. The number of amides is 1. The normalized spacial score (nSPS) is 12.6. The fourth-order valence-electron chi connectivity index (χ4n) is 1.97. The van der Waals surface area contributed by atoms with Gasteiger partial charge in [0.2, 0.25) is 5.91 Å². The summed E-state index contributed by atoms with van der Waals surface area (Å²) >= 11 is 1.58. The smallest absolute Gasteiger partial charge is 0.245 e. The molecule has 0 saturated heterocycles. The first-order chi connectivity index (χ1) is 8.52. The van der Waals surface area contributed by atoms with Gasteiger partial charge in [-0.2, -0.15) is 4.99 Å². The van der Waals surface area contributed by atoms with E-state index in [4.69, 9.17) is 0 Å². The molecule has 0 aliphatic heterocycles. The molecule has 96 valence electrons. The van der Waals surface area contributed by atoms with Crippen LogP contribution in [0.1, 0.15) is 39.2 Å². The van der Waals surface area contributed by atoms with E-state index in [1.54, 1.807) is 11.3 Å². The van der Waals surface area contributed by atoms with Gasteiger partial charge in [-0.25, -0.2) is 0 Å². The second-order valence-electron chi connectivity index (χ2n) is 4.64. The Bertz CT molecular complexity index is 649. The summed E-state index contributed by atoms with van der Waals surface area (Å²) in [6, 6.07) is 6.49. The van der Waals surface area contributed by atoms with Crippen LogP contribution < -0.4 is 4.80 Å². The van der Waals surface area contributed by atoms with Gasteiger partial charge in [0, 0.05) is 13.5 Å². The lowest BCUT2D eigenvalue weighted by atomic mass is 10.0. The molecule has 0 aliphatic rings. The average Bonchev–Trinajstić information content (AvgIpc) is 2.63. The van der Waals surface area contributed by atoms with E-state index < -0.39 is 0 Å². The van der Waals surface area contributed by atoms with E-state index in [9.17, 15) is 4.79 Å². The van der Waals surface area contributed by atoms with Gasteiger partial charge in [0.05, 0.1) is 10.2 Å². The zero-order chi connectivity index (χ0) is 13.3. The van der Waals surface area contributed by atoms with Crippen molar-refractivity contribution in [2.45, 2.75) is 40.2 Å². The van der Waals surface area contributed by atoms with Gasteiger partial charge in [-0.05, 0) is 30.5 Å². The van der Waals surface area contributed by atoms with Crippen LogP contribution in [-0.4, -0.2) is 10.5 Å². The van der Waals surface area contributed by atoms with E-state index in [-0.39, 0.29) is 5.91 Å². The van der Waals surface area contributed by atoms with E-state index in [0.29, 0.717) is 5.92 Å². The van der Waals surface area contributed by atoms with Crippen molar-refractivity contribution in [1.29, 1.82) is 0 Å². The zero-order valence-corrected chi connectivity index (χ0v) is 12.0. The third-order valence-electron chi connectivity index (χ3n) is 2.94. The molecule has 18 heavy (non-hydrogen) atoms. The molecule has 2 aromatic rings. The number of hydrogen-bond acceptors (Lipinski definition) is 2. The summed E-state index contributed by atoms with van der Waals surface area (Å²) in [7, 11) is 0. The molecule has 0 fully saturated rings. The molecule has 1 amide bonds. The van der Waals surface area contributed by atoms with Crippen LogP contribution >= 0.6 is 11.3 Å². The molecule has 3 nitrogen and oxygen atoms in total. The van der Waals surface area contributed by atoms with Gasteiger partial charge in [0.25, 0.3) is 0 Å². The summed E-state index contributed by atoms with van der Waals surface area (Å²) in [6.45, 7) is 8.76. The number of fused-ring (bicyclic) bond motifs is 1. The van der Waals surface area contributed by atoms with Crippen LogP contribution in [0.4, 0.5) is 0 Å². The first-order valence-corrected chi connectivity index (χ1v) is 7.03. The van der Waals surface area contributed by atoms with E-state index in [1.165, 1.54) is 17.2 Å². The minimum absolute atomic E-state index is 0.146. The molecule has 0 bridgehead atoms. The molecule has 0 radical (unpaired) electrons. The molecule has 1 aromatic carbocycles. The first-order valence-electron chi connectivity index (χ1n) is 6.21. The summed E-state index contributed by atoms with van der Waals surface area (Å²) in [5.74, 6) is 0.368. The Kier molecular flexibility index (Phi) is 3.66. The summed E-state index contributed by atoms with van der Waals surface area (Å²) in [5, 5.41) is 0. The Morgan fingerprint density at radius 2 is 2.17 bits per heavy atom. The maximum atomic E-state index is 11.2. The molecular weight excluding hydrogens is 244 g/mol. The maximum absolute atomic E-state index is 11.2. The van der Waals surface area contributed by atoms with E-state index in [2.05, 4.69) is 48.5 Å². The molecule has 2 rings (SSSR count). The number of rotatable bonds is 2. The number of carbonyl (C=O) groups excluding carboxylic acids is 1. The molecule has 0 aliphatic carbocycles. The number of aryl methyl sites for hydroxylation is 1. The lowest BCUT2D eigenvalue weighted by Crippen LogP contribution is -2.14. The van der Waals surface area contributed by atoms with Crippen molar-refractivity contribution < 1.29 is 4.79 Å². The SMILES string of the molecule is CCn1c(=NC(C)=O)sc2cc(C(C)C)ccc21. The minimum atomic E-state index is -0.146. The minimum Gasteiger partial charge on any atom is -0.317 e. The number of nitrogens with zero attached hydrogens (tertiary/aromatic N) is 2. The van der Waals surface area contributed by atoms with Gasteiger partial charge in [-0.15, -0.1) is 0 Å². The summed E-state index contributed by atoms with van der Waals surface area (Å²) in [5.41, 5.74) is 2.48. The average molecular weight is 262 g/mol. The fraction of sp³-hybridized carbons (Fsp3) is 0.429. The standard InChI is InChI=1S/C14H18N2OS/c1-5-16-12-7-6-11(9(2)3)8-13(12)18-14(16)15-10(4)17/h6-9H,5H2,1-4H3. The highest BCUT2D eigenvalue weighted by molar-refractivity contribution is 7.16. The van der Waals surface area contributed by atoms with Crippen molar-refractivity contribution in [3.05, 3.63) is 28.6 Å². The van der Waals surface area contributed by atoms with Crippen LogP contribution in [0.3, 0.4) is 0 Å². The van der Waals surface area contributed by atoms with Crippen LogP contribution in [-0.2, 0) is 11.3 Å². The predicted molar refractivity (Wildman–Crippen MR) is 75.8 cm³/mol. The van der Waals surface area contributed by atoms with Crippen molar-refractivity contribution in [3.8, 4) is 0 Å². The Labute approximate surface area is 111 Å². The van der Waals surface area contributed by atoms with E-state index >= 15 is 0 Å². The third-order valence-corrected chi connectivity index (χ3v) is 3.98. The number of aromatic nitrogens is 1. The number of benzene rings is 1. The lowest BCUT2D eigenvalue weighted by Gasteiger charge is -2.05. The number of thiazole rings is 1. The topological polar surface area (TPSA) is 34.4 Å². The van der Waals surface area contributed by atoms with Crippen LogP contribution in [0.15, 0.2) is 23.2 Å². The largest absolute Gasteiger partial charge is 0.317 e. The van der Waals surface area contributed by atoms with Crippen molar-refractivity contribution in [2.24, 2.45) is 4.99 Å². The van der Waals surface area contributed by atoms with Gasteiger partial charge in [-0.1, -0.05) is 31.3 Å². The highest BCUT2D eigenvalue weighted by Gasteiger charge is 2.07. The lowest BCUT2D eigenvalue weighted by molar-refractivity contribution is -0.116. The van der Waals surface area contributed by atoms with Crippen molar-refractivity contribution in [2.75, 3.05) is 0 Å². The van der Waals surface area contributed by atoms with Gasteiger partial charge < -0.3 is 4.57 Å². The zero-order valence-electron chi connectivity index (χ0n) is 11.2. The molecule has 0 N–H and O–H groups in total. The predicted octanol–water partition coefficient (Wildman–Crippen LogP) is 3.29.